The third kappa shape index (κ3) is 3.76. The maximum absolute atomic E-state index is 13.0. The van der Waals surface area contributed by atoms with E-state index in [0.29, 0.717) is 6.54 Å². The van der Waals surface area contributed by atoms with Crippen LogP contribution in [-0.2, 0) is 11.3 Å². The average Bonchev–Trinajstić information content (AvgIpc) is 2.85. The maximum atomic E-state index is 13.0. The van der Waals surface area contributed by atoms with Gasteiger partial charge in [0.15, 0.2) is 0 Å². The minimum absolute atomic E-state index is 0.00450. The summed E-state index contributed by atoms with van der Waals surface area (Å²) in [5.41, 5.74) is 1.94. The van der Waals surface area contributed by atoms with E-state index in [1.807, 2.05) is 36.2 Å². The smallest absolute Gasteiger partial charge is 0.239 e. The van der Waals surface area contributed by atoms with Gasteiger partial charge in [0.1, 0.15) is 11.3 Å². The summed E-state index contributed by atoms with van der Waals surface area (Å²) in [4.78, 5) is 21.5. The molecule has 25 heavy (non-hydrogen) atoms. The van der Waals surface area contributed by atoms with E-state index in [2.05, 4.69) is 16.9 Å². The van der Waals surface area contributed by atoms with Gasteiger partial charge in [-0.05, 0) is 44.1 Å². The number of benzene rings is 1. The second-order valence-electron chi connectivity index (χ2n) is 6.87. The largest absolute Gasteiger partial charge is 0.494 e. The van der Waals surface area contributed by atoms with Crippen LogP contribution in [0, 0.1) is 0 Å². The number of pyridine rings is 1. The highest BCUT2D eigenvalue weighted by Gasteiger charge is 2.27. The van der Waals surface area contributed by atoms with E-state index in [4.69, 9.17) is 4.74 Å². The highest BCUT2D eigenvalue weighted by Crippen LogP contribution is 2.27. The summed E-state index contributed by atoms with van der Waals surface area (Å²) in [6, 6.07) is 7.92. The lowest BCUT2D eigenvalue weighted by atomic mass is 10.1. The van der Waals surface area contributed by atoms with Crippen molar-refractivity contribution in [2.24, 2.45) is 0 Å². The number of ether oxygens (including phenoxy) is 1. The van der Waals surface area contributed by atoms with Gasteiger partial charge in [-0.3, -0.25) is 14.7 Å². The van der Waals surface area contributed by atoms with Crippen LogP contribution < -0.4 is 4.74 Å². The first-order valence-corrected chi connectivity index (χ1v) is 8.97. The first-order valence-electron chi connectivity index (χ1n) is 8.97. The van der Waals surface area contributed by atoms with Crippen molar-refractivity contribution in [3.63, 3.8) is 0 Å². The van der Waals surface area contributed by atoms with Crippen molar-refractivity contribution in [2.75, 3.05) is 27.7 Å². The van der Waals surface area contributed by atoms with Crippen LogP contribution >= 0.6 is 0 Å². The molecule has 3 rings (SSSR count). The molecule has 0 N–H and O–H groups in total. The Morgan fingerprint density at radius 2 is 2.16 bits per heavy atom. The topological polar surface area (TPSA) is 45.7 Å². The number of carbonyl (C=O) groups excluding carboxylic acids is 1. The zero-order valence-corrected chi connectivity index (χ0v) is 15.4. The Morgan fingerprint density at radius 3 is 2.96 bits per heavy atom. The van der Waals surface area contributed by atoms with Crippen molar-refractivity contribution in [2.45, 2.75) is 38.3 Å². The number of aromatic nitrogens is 1. The van der Waals surface area contributed by atoms with Crippen LogP contribution in [0.5, 0.6) is 5.75 Å². The fourth-order valence-electron chi connectivity index (χ4n) is 3.66. The minimum atomic E-state index is -0.00450. The summed E-state index contributed by atoms with van der Waals surface area (Å²) in [5, 5.41) is 1.04. The molecule has 0 radical (unpaired) electrons. The molecule has 1 saturated heterocycles. The van der Waals surface area contributed by atoms with Gasteiger partial charge in [-0.25, -0.2) is 0 Å². The Morgan fingerprint density at radius 1 is 1.32 bits per heavy atom. The fourth-order valence-corrected chi connectivity index (χ4v) is 3.66. The zero-order chi connectivity index (χ0) is 17.8. The van der Waals surface area contributed by atoms with Gasteiger partial charge in [0, 0.05) is 25.2 Å². The molecule has 1 aliphatic rings. The maximum Gasteiger partial charge on any atom is 0.239 e. The van der Waals surface area contributed by atoms with Crippen LogP contribution in [0.2, 0.25) is 0 Å². The molecule has 0 saturated carbocycles. The molecule has 1 fully saturated rings. The van der Waals surface area contributed by atoms with Crippen molar-refractivity contribution in [3.8, 4) is 5.75 Å². The molecule has 0 aliphatic carbocycles. The number of likely N-dealkylation sites (tertiary alicyclic amines) is 1. The Kier molecular flexibility index (Phi) is 5.53. The molecule has 1 aliphatic heterocycles. The molecule has 2 heterocycles. The number of methoxy groups -OCH3 is 1. The molecule has 1 aromatic carbocycles. The van der Waals surface area contributed by atoms with Crippen LogP contribution in [0.4, 0.5) is 0 Å². The van der Waals surface area contributed by atoms with Gasteiger partial charge in [-0.1, -0.05) is 25.0 Å². The van der Waals surface area contributed by atoms with E-state index in [1.165, 1.54) is 12.8 Å². The van der Waals surface area contributed by atoms with Gasteiger partial charge in [0.2, 0.25) is 5.91 Å². The number of amides is 1. The lowest BCUT2D eigenvalue weighted by molar-refractivity contribution is -0.135. The predicted octanol–water partition coefficient (Wildman–Crippen LogP) is 3.08. The number of carbonyl (C=O) groups is 1. The van der Waals surface area contributed by atoms with Crippen LogP contribution in [0.1, 0.15) is 31.2 Å². The molecule has 5 nitrogen and oxygen atoms in total. The minimum Gasteiger partial charge on any atom is -0.494 e. The summed E-state index contributed by atoms with van der Waals surface area (Å²) >= 11 is 0. The second kappa shape index (κ2) is 7.83. The van der Waals surface area contributed by atoms with Gasteiger partial charge in [-0.2, -0.15) is 0 Å². The molecule has 1 unspecified atom stereocenters. The quantitative estimate of drug-likeness (QED) is 0.857. The van der Waals surface area contributed by atoms with Crippen LogP contribution in [0.15, 0.2) is 30.5 Å². The number of rotatable bonds is 4. The highest BCUT2D eigenvalue weighted by molar-refractivity contribution is 5.88. The predicted molar refractivity (Wildman–Crippen MR) is 99.7 cm³/mol. The summed E-state index contributed by atoms with van der Waals surface area (Å²) in [7, 11) is 5.61. The number of hydrogen-bond donors (Lipinski definition) is 0. The van der Waals surface area contributed by atoms with Gasteiger partial charge in [0.25, 0.3) is 0 Å². The molecular weight excluding hydrogens is 314 g/mol. The number of hydrogen-bond acceptors (Lipinski definition) is 4. The van der Waals surface area contributed by atoms with Gasteiger partial charge in [-0.15, -0.1) is 0 Å². The summed E-state index contributed by atoms with van der Waals surface area (Å²) in [5.74, 6) is 0.967. The summed E-state index contributed by atoms with van der Waals surface area (Å²) < 4.78 is 5.41. The third-order valence-corrected chi connectivity index (χ3v) is 5.13. The lowest BCUT2D eigenvalue weighted by Crippen LogP contribution is -2.45. The monoisotopic (exact) mass is 341 g/mol. The van der Waals surface area contributed by atoms with Crippen LogP contribution in [-0.4, -0.2) is 54.5 Å². The van der Waals surface area contributed by atoms with E-state index in [0.717, 1.165) is 41.6 Å². The molecular formula is C20H27N3O2. The number of nitrogens with zero attached hydrogens (tertiary/aromatic N) is 3. The second-order valence-corrected chi connectivity index (χ2v) is 6.87. The fraction of sp³-hybridized carbons (Fsp3) is 0.500. The van der Waals surface area contributed by atoms with Gasteiger partial charge < -0.3 is 9.64 Å². The Hall–Kier alpha value is -2.14. The van der Waals surface area contributed by atoms with Crippen LogP contribution in [0.25, 0.3) is 10.9 Å². The molecule has 5 heteroatoms. The van der Waals surface area contributed by atoms with E-state index < -0.39 is 0 Å². The molecule has 1 atom stereocenters. The molecule has 1 amide bonds. The number of likely N-dealkylation sites (N-methyl/N-ethyl adjacent to an activating group) is 2. The van der Waals surface area contributed by atoms with Crippen molar-refractivity contribution in [3.05, 3.63) is 36.0 Å². The standard InChI is InChI=1S/C20H27N3O2/c1-22-13-6-4-5-9-17(22)20(24)23(2)14-15-10-11-18(25-3)19-16(15)8-7-12-21-19/h7-8,10-12,17H,4-6,9,13-14H2,1-3H3. The first-order chi connectivity index (χ1) is 12.1. The third-order valence-electron chi connectivity index (χ3n) is 5.13. The Bertz CT molecular complexity index is 747. The molecule has 2 aromatic rings. The van der Waals surface area contributed by atoms with Crippen molar-refractivity contribution in [1.82, 2.24) is 14.8 Å². The average molecular weight is 341 g/mol. The molecule has 1 aromatic heterocycles. The normalized spacial score (nSPS) is 18.8. The highest BCUT2D eigenvalue weighted by atomic mass is 16.5. The van der Waals surface area contributed by atoms with E-state index in [1.54, 1.807) is 13.3 Å². The van der Waals surface area contributed by atoms with E-state index in [-0.39, 0.29) is 11.9 Å². The Labute approximate surface area is 149 Å². The van der Waals surface area contributed by atoms with Crippen LogP contribution in [0.3, 0.4) is 0 Å². The summed E-state index contributed by atoms with van der Waals surface area (Å²) in [6.07, 6.45) is 6.24. The van der Waals surface area contributed by atoms with E-state index >= 15 is 0 Å². The van der Waals surface area contributed by atoms with E-state index in [9.17, 15) is 4.79 Å². The first kappa shape index (κ1) is 17.7. The zero-order valence-electron chi connectivity index (χ0n) is 15.4. The van der Waals surface area contributed by atoms with Gasteiger partial charge >= 0.3 is 0 Å². The van der Waals surface area contributed by atoms with Crippen molar-refractivity contribution in [1.29, 1.82) is 0 Å². The molecule has 134 valence electrons. The SMILES string of the molecule is COc1ccc(CN(C)C(=O)C2CCCCCN2C)c2cccnc12. The van der Waals surface area contributed by atoms with Gasteiger partial charge in [0.05, 0.1) is 13.2 Å². The Balaban J connectivity index is 1.82. The molecule has 0 bridgehead atoms. The lowest BCUT2D eigenvalue weighted by Gasteiger charge is -2.29. The van der Waals surface area contributed by atoms with Crippen molar-refractivity contribution < 1.29 is 9.53 Å². The number of fused-ring (bicyclic) bond motifs is 1. The van der Waals surface area contributed by atoms with Crippen molar-refractivity contribution >= 4 is 16.8 Å². The summed E-state index contributed by atoms with van der Waals surface area (Å²) in [6.45, 7) is 1.58. The molecule has 0 spiro atoms.